The van der Waals surface area contributed by atoms with Crippen molar-refractivity contribution in [3.05, 3.63) is 47.4 Å². The molecule has 2 fully saturated rings. The minimum Gasteiger partial charge on any atom is -0.493 e. The molecule has 1 aliphatic carbocycles. The third kappa shape index (κ3) is 4.25. The third-order valence-electron chi connectivity index (χ3n) is 7.67. The number of carbonyl (C=O) groups is 2. The Labute approximate surface area is 209 Å². The SMILES string of the molecule is CCOc1cc(COC(=O)N2C[C@@H]3CN(C(=O)[C@@H]4CCc5[nH]nnc5C4)C[C@H]3C2)nc2ccccc12. The summed E-state index contributed by atoms with van der Waals surface area (Å²) in [4.78, 5) is 34.4. The zero-order valence-electron chi connectivity index (χ0n) is 20.4. The average Bonchev–Trinajstić information content (AvgIpc) is 3.61. The van der Waals surface area contributed by atoms with Crippen LogP contribution in [-0.4, -0.2) is 75.0 Å². The second-order valence-corrected chi connectivity index (χ2v) is 9.96. The first-order valence-corrected chi connectivity index (χ1v) is 12.7. The van der Waals surface area contributed by atoms with E-state index in [1.807, 2.05) is 42.2 Å². The number of nitrogens with zero attached hydrogens (tertiary/aromatic N) is 5. The number of aryl methyl sites for hydroxylation is 1. The summed E-state index contributed by atoms with van der Waals surface area (Å²) < 4.78 is 11.4. The van der Waals surface area contributed by atoms with E-state index in [4.69, 9.17) is 9.47 Å². The van der Waals surface area contributed by atoms with Gasteiger partial charge in [-0.3, -0.25) is 9.89 Å². The molecule has 4 heterocycles. The lowest BCUT2D eigenvalue weighted by Crippen LogP contribution is -2.40. The molecule has 2 saturated heterocycles. The molecule has 10 heteroatoms. The first-order chi connectivity index (χ1) is 17.6. The maximum absolute atomic E-state index is 13.2. The van der Waals surface area contributed by atoms with Crippen LogP contribution in [0.25, 0.3) is 10.9 Å². The molecule has 0 unspecified atom stereocenters. The second kappa shape index (κ2) is 9.40. The van der Waals surface area contributed by atoms with Gasteiger partial charge in [-0.1, -0.05) is 17.3 Å². The number of H-pyrrole nitrogens is 1. The Balaban J connectivity index is 1.03. The van der Waals surface area contributed by atoms with E-state index in [0.29, 0.717) is 44.9 Å². The summed E-state index contributed by atoms with van der Waals surface area (Å²) in [6, 6.07) is 9.62. The number of rotatable bonds is 5. The highest BCUT2D eigenvalue weighted by atomic mass is 16.6. The van der Waals surface area contributed by atoms with Gasteiger partial charge in [-0.05, 0) is 31.9 Å². The molecule has 6 rings (SSSR count). The zero-order chi connectivity index (χ0) is 24.6. The van der Waals surface area contributed by atoms with Crippen LogP contribution in [0.5, 0.6) is 5.75 Å². The van der Waals surface area contributed by atoms with Crippen LogP contribution in [0.15, 0.2) is 30.3 Å². The van der Waals surface area contributed by atoms with Gasteiger partial charge in [-0.25, -0.2) is 9.78 Å². The predicted molar refractivity (Wildman–Crippen MR) is 130 cm³/mol. The monoisotopic (exact) mass is 490 g/mol. The average molecular weight is 491 g/mol. The van der Waals surface area contributed by atoms with E-state index >= 15 is 0 Å². The van der Waals surface area contributed by atoms with Crippen LogP contribution in [0, 0.1) is 17.8 Å². The number of fused-ring (bicyclic) bond motifs is 3. The first kappa shape index (κ1) is 22.8. The Hall–Kier alpha value is -3.69. The molecule has 3 aromatic rings. The van der Waals surface area contributed by atoms with E-state index in [0.717, 1.165) is 40.9 Å². The van der Waals surface area contributed by atoms with E-state index in [-0.39, 0.29) is 36.4 Å². The minimum absolute atomic E-state index is 0.0291. The van der Waals surface area contributed by atoms with E-state index in [1.54, 1.807) is 4.90 Å². The Morgan fingerprint density at radius 2 is 1.89 bits per heavy atom. The van der Waals surface area contributed by atoms with Gasteiger partial charge in [-0.2, -0.15) is 0 Å². The van der Waals surface area contributed by atoms with Crippen molar-refractivity contribution < 1.29 is 19.1 Å². The number of para-hydroxylation sites is 1. The lowest BCUT2D eigenvalue weighted by atomic mass is 9.89. The number of aromatic nitrogens is 4. The highest BCUT2D eigenvalue weighted by Crippen LogP contribution is 2.34. The predicted octanol–water partition coefficient (Wildman–Crippen LogP) is 2.58. The van der Waals surface area contributed by atoms with E-state index in [2.05, 4.69) is 20.4 Å². The Bertz CT molecular complexity index is 1280. The number of pyridine rings is 1. The van der Waals surface area contributed by atoms with Crippen molar-refractivity contribution in [2.75, 3.05) is 32.8 Å². The molecule has 0 spiro atoms. The number of hydrogen-bond acceptors (Lipinski definition) is 7. The molecule has 2 amide bonds. The van der Waals surface area contributed by atoms with Crippen molar-refractivity contribution in [2.45, 2.75) is 32.8 Å². The highest BCUT2D eigenvalue weighted by molar-refractivity contribution is 5.85. The summed E-state index contributed by atoms with van der Waals surface area (Å²) in [6.45, 7) is 5.19. The van der Waals surface area contributed by atoms with Crippen LogP contribution in [0.3, 0.4) is 0 Å². The summed E-state index contributed by atoms with van der Waals surface area (Å²) in [5.41, 5.74) is 3.44. The van der Waals surface area contributed by atoms with Crippen molar-refractivity contribution in [1.82, 2.24) is 30.2 Å². The Kier molecular flexibility index (Phi) is 5.94. The fraction of sp³-hybridized carbons (Fsp3) is 0.500. The number of hydrogen-bond donors (Lipinski definition) is 1. The van der Waals surface area contributed by atoms with Crippen LogP contribution < -0.4 is 4.74 Å². The molecular weight excluding hydrogens is 460 g/mol. The molecule has 0 saturated carbocycles. The van der Waals surface area contributed by atoms with Crippen LogP contribution in [-0.2, 0) is 29.0 Å². The van der Waals surface area contributed by atoms with Gasteiger partial charge in [0.05, 0.1) is 29.2 Å². The number of carbonyl (C=O) groups excluding carboxylic acids is 2. The Morgan fingerprint density at radius 1 is 1.11 bits per heavy atom. The number of aromatic amines is 1. The lowest BCUT2D eigenvalue weighted by Gasteiger charge is -2.27. The summed E-state index contributed by atoms with van der Waals surface area (Å²) in [5.74, 6) is 1.50. The molecule has 2 aliphatic heterocycles. The molecule has 188 valence electrons. The molecule has 3 atom stereocenters. The molecule has 2 aromatic heterocycles. The Morgan fingerprint density at radius 3 is 2.69 bits per heavy atom. The van der Waals surface area contributed by atoms with Crippen LogP contribution in [0.2, 0.25) is 0 Å². The molecule has 0 radical (unpaired) electrons. The van der Waals surface area contributed by atoms with E-state index < -0.39 is 0 Å². The maximum atomic E-state index is 13.2. The van der Waals surface area contributed by atoms with Gasteiger partial charge in [0.25, 0.3) is 0 Å². The number of benzene rings is 1. The lowest BCUT2D eigenvalue weighted by molar-refractivity contribution is -0.135. The maximum Gasteiger partial charge on any atom is 0.410 e. The normalized spacial score (nSPS) is 23.0. The molecule has 0 bridgehead atoms. The third-order valence-corrected chi connectivity index (χ3v) is 7.67. The molecule has 3 aliphatic rings. The molecule has 36 heavy (non-hydrogen) atoms. The number of ether oxygens (including phenoxy) is 2. The smallest absolute Gasteiger partial charge is 0.410 e. The quantitative estimate of drug-likeness (QED) is 0.585. The van der Waals surface area contributed by atoms with Crippen molar-refractivity contribution in [1.29, 1.82) is 0 Å². The second-order valence-electron chi connectivity index (χ2n) is 9.96. The van der Waals surface area contributed by atoms with E-state index in [9.17, 15) is 9.59 Å². The minimum atomic E-state index is -0.332. The molecule has 1 N–H and O–H groups in total. The van der Waals surface area contributed by atoms with Gasteiger partial charge >= 0.3 is 6.09 Å². The van der Waals surface area contributed by atoms with Gasteiger partial charge in [0, 0.05) is 61.8 Å². The summed E-state index contributed by atoms with van der Waals surface area (Å²) in [6.07, 6.45) is 1.97. The van der Waals surface area contributed by atoms with Gasteiger partial charge in [0.2, 0.25) is 5.91 Å². The topological polar surface area (TPSA) is 114 Å². The van der Waals surface area contributed by atoms with E-state index in [1.165, 1.54) is 0 Å². The van der Waals surface area contributed by atoms with Crippen LogP contribution >= 0.6 is 0 Å². The van der Waals surface area contributed by atoms with Crippen molar-refractivity contribution >= 4 is 22.9 Å². The van der Waals surface area contributed by atoms with Crippen LogP contribution in [0.1, 0.15) is 30.4 Å². The zero-order valence-corrected chi connectivity index (χ0v) is 20.4. The standard InChI is InChI=1S/C26H30N6O4/c1-2-35-24-10-19(27-21-6-4-3-5-20(21)24)15-36-26(34)32-13-17-11-31(12-18(17)14-32)25(33)16-7-8-22-23(9-16)29-30-28-22/h3-6,10,16-18H,2,7-9,11-15H2,1H3,(H,28,29,30)/t16-,17+,18+/m1/s1. The molecular formula is C26H30N6O4. The number of amides is 2. The fourth-order valence-electron chi connectivity index (χ4n) is 5.85. The highest BCUT2D eigenvalue weighted by Gasteiger charge is 2.45. The van der Waals surface area contributed by atoms with Gasteiger partial charge in [0.15, 0.2) is 0 Å². The molecule has 10 nitrogen and oxygen atoms in total. The van der Waals surface area contributed by atoms with Crippen LogP contribution in [0.4, 0.5) is 4.79 Å². The van der Waals surface area contributed by atoms with Gasteiger partial charge in [0.1, 0.15) is 12.4 Å². The fourth-order valence-corrected chi connectivity index (χ4v) is 5.85. The molecule has 1 aromatic carbocycles. The largest absolute Gasteiger partial charge is 0.493 e. The number of nitrogens with one attached hydrogen (secondary N) is 1. The summed E-state index contributed by atoms with van der Waals surface area (Å²) in [5, 5.41) is 11.9. The van der Waals surface area contributed by atoms with Gasteiger partial charge < -0.3 is 19.3 Å². The first-order valence-electron chi connectivity index (χ1n) is 12.7. The number of likely N-dealkylation sites (tertiary alicyclic amines) is 2. The van der Waals surface area contributed by atoms with Crippen molar-refractivity contribution in [2.24, 2.45) is 17.8 Å². The van der Waals surface area contributed by atoms with Crippen molar-refractivity contribution in [3.8, 4) is 5.75 Å². The summed E-state index contributed by atoms with van der Waals surface area (Å²) >= 11 is 0. The summed E-state index contributed by atoms with van der Waals surface area (Å²) in [7, 11) is 0. The van der Waals surface area contributed by atoms with Gasteiger partial charge in [-0.15, -0.1) is 5.10 Å². The van der Waals surface area contributed by atoms with Crippen molar-refractivity contribution in [3.63, 3.8) is 0 Å².